The Hall–Kier alpha value is -4.38. The predicted octanol–water partition coefficient (Wildman–Crippen LogP) is 4.84. The Bertz CT molecular complexity index is 1180. The van der Waals surface area contributed by atoms with Gasteiger partial charge in [0.05, 0.1) is 7.11 Å². The summed E-state index contributed by atoms with van der Waals surface area (Å²) < 4.78 is 5.40. The van der Waals surface area contributed by atoms with Crippen molar-refractivity contribution in [3.05, 3.63) is 138 Å². The smallest absolute Gasteiger partial charge is 0.326 e. The van der Waals surface area contributed by atoms with Crippen molar-refractivity contribution >= 4 is 11.9 Å². The number of rotatable bonds is 9. The van der Waals surface area contributed by atoms with Crippen LogP contribution in [0.5, 0.6) is 5.75 Å². The van der Waals surface area contributed by atoms with E-state index >= 15 is 0 Å². The average molecular weight is 466 g/mol. The van der Waals surface area contributed by atoms with Gasteiger partial charge in [0.25, 0.3) is 0 Å². The maximum atomic E-state index is 14.3. The minimum Gasteiger partial charge on any atom is -0.496 e. The summed E-state index contributed by atoms with van der Waals surface area (Å²) in [5.41, 5.74) is 1.69. The van der Waals surface area contributed by atoms with E-state index in [1.54, 1.807) is 19.2 Å². The summed E-state index contributed by atoms with van der Waals surface area (Å²) in [4.78, 5) is 26.6. The molecule has 4 rings (SSSR count). The number of carbonyl (C=O) groups excluding carboxylic acids is 1. The summed E-state index contributed by atoms with van der Waals surface area (Å²) in [6.07, 6.45) is 0.0829. The minimum atomic E-state index is -1.25. The minimum absolute atomic E-state index is 0.0829. The Labute approximate surface area is 205 Å². The number of ether oxygens (including phenoxy) is 1. The third-order valence-electron chi connectivity index (χ3n) is 6.18. The standard InChI is InChI=1S/C30H27NO4/c1-35-27-20-12-11-13-22(27)21-26(28(32)33)31-29(34)30(23-14-5-2-6-15-23,24-16-7-3-8-17-24)25-18-9-4-10-19-25/h2-20,26H,21H2,1H3,(H,31,34)(H,32,33)/t26-/m0/s1. The van der Waals surface area contributed by atoms with Crippen molar-refractivity contribution in [3.8, 4) is 5.75 Å². The molecule has 35 heavy (non-hydrogen) atoms. The molecule has 0 unspecified atom stereocenters. The summed E-state index contributed by atoms with van der Waals surface area (Å²) >= 11 is 0. The molecule has 1 atom stereocenters. The first-order valence-electron chi connectivity index (χ1n) is 11.4. The molecule has 0 fully saturated rings. The molecular weight excluding hydrogens is 438 g/mol. The van der Waals surface area contributed by atoms with Crippen LogP contribution in [-0.4, -0.2) is 30.1 Å². The highest BCUT2D eigenvalue weighted by atomic mass is 16.5. The lowest BCUT2D eigenvalue weighted by atomic mass is 9.68. The normalized spacial score (nSPS) is 11.9. The number of para-hydroxylation sites is 1. The molecule has 0 spiro atoms. The second kappa shape index (κ2) is 10.7. The zero-order valence-electron chi connectivity index (χ0n) is 19.4. The Morgan fingerprint density at radius 3 is 1.60 bits per heavy atom. The van der Waals surface area contributed by atoms with Crippen LogP contribution in [0.1, 0.15) is 22.3 Å². The summed E-state index contributed by atoms with van der Waals surface area (Å²) in [5.74, 6) is -0.954. The van der Waals surface area contributed by atoms with Crippen LogP contribution in [0.2, 0.25) is 0 Å². The molecule has 0 heterocycles. The molecule has 1 amide bonds. The Morgan fingerprint density at radius 1 is 0.743 bits per heavy atom. The number of methoxy groups -OCH3 is 1. The van der Waals surface area contributed by atoms with Crippen LogP contribution in [0.4, 0.5) is 0 Å². The van der Waals surface area contributed by atoms with E-state index in [0.29, 0.717) is 11.3 Å². The van der Waals surface area contributed by atoms with Crippen molar-refractivity contribution in [2.45, 2.75) is 17.9 Å². The highest BCUT2D eigenvalue weighted by Gasteiger charge is 2.45. The van der Waals surface area contributed by atoms with Gasteiger partial charge in [0.15, 0.2) is 0 Å². The molecule has 5 heteroatoms. The molecule has 0 aliphatic carbocycles. The van der Waals surface area contributed by atoms with Crippen LogP contribution in [0.25, 0.3) is 0 Å². The van der Waals surface area contributed by atoms with Gasteiger partial charge in [0.1, 0.15) is 17.2 Å². The van der Waals surface area contributed by atoms with Gasteiger partial charge in [-0.05, 0) is 28.3 Å². The van der Waals surface area contributed by atoms with E-state index in [2.05, 4.69) is 5.32 Å². The number of carboxylic acid groups (broad SMARTS) is 1. The molecule has 4 aromatic carbocycles. The Morgan fingerprint density at radius 2 is 1.17 bits per heavy atom. The molecule has 176 valence electrons. The molecule has 0 aliphatic rings. The van der Waals surface area contributed by atoms with E-state index in [4.69, 9.17) is 4.74 Å². The molecule has 4 aromatic rings. The zero-order chi connectivity index (χ0) is 24.7. The van der Waals surface area contributed by atoms with Crippen LogP contribution in [0.15, 0.2) is 115 Å². The molecule has 0 aromatic heterocycles. The van der Waals surface area contributed by atoms with E-state index in [1.165, 1.54) is 0 Å². The van der Waals surface area contributed by atoms with E-state index < -0.39 is 23.3 Å². The number of hydrogen-bond acceptors (Lipinski definition) is 3. The SMILES string of the molecule is COc1ccccc1C[C@H](NC(=O)C(c1ccccc1)(c1ccccc1)c1ccccc1)C(=O)O. The first kappa shape index (κ1) is 23.8. The van der Waals surface area contributed by atoms with Gasteiger partial charge in [-0.15, -0.1) is 0 Å². The Balaban J connectivity index is 1.84. The second-order valence-electron chi connectivity index (χ2n) is 8.23. The molecule has 0 aliphatic heterocycles. The van der Waals surface area contributed by atoms with Crippen molar-refractivity contribution in [3.63, 3.8) is 0 Å². The third-order valence-corrected chi connectivity index (χ3v) is 6.18. The van der Waals surface area contributed by atoms with Crippen LogP contribution >= 0.6 is 0 Å². The van der Waals surface area contributed by atoms with E-state index in [9.17, 15) is 14.7 Å². The van der Waals surface area contributed by atoms with E-state index in [-0.39, 0.29) is 6.42 Å². The van der Waals surface area contributed by atoms with Crippen molar-refractivity contribution in [1.29, 1.82) is 0 Å². The molecule has 0 saturated heterocycles. The van der Waals surface area contributed by atoms with Gasteiger partial charge in [-0.3, -0.25) is 4.79 Å². The molecule has 0 radical (unpaired) electrons. The van der Waals surface area contributed by atoms with Gasteiger partial charge >= 0.3 is 5.97 Å². The third kappa shape index (κ3) is 4.80. The molecule has 2 N–H and O–H groups in total. The van der Waals surface area contributed by atoms with Crippen molar-refractivity contribution in [1.82, 2.24) is 5.32 Å². The lowest BCUT2D eigenvalue weighted by molar-refractivity contribution is -0.142. The topological polar surface area (TPSA) is 75.6 Å². The van der Waals surface area contributed by atoms with Crippen LogP contribution < -0.4 is 10.1 Å². The summed E-state index contributed by atoms with van der Waals surface area (Å²) in [5, 5.41) is 12.9. The van der Waals surface area contributed by atoms with Gasteiger partial charge < -0.3 is 15.2 Å². The molecular formula is C30H27NO4. The van der Waals surface area contributed by atoms with Gasteiger partial charge in [-0.25, -0.2) is 4.79 Å². The predicted molar refractivity (Wildman–Crippen MR) is 135 cm³/mol. The van der Waals surface area contributed by atoms with Gasteiger partial charge in [-0.2, -0.15) is 0 Å². The summed E-state index contributed by atoms with van der Waals surface area (Å²) in [6, 6.07) is 34.4. The van der Waals surface area contributed by atoms with Crippen molar-refractivity contribution < 1.29 is 19.4 Å². The monoisotopic (exact) mass is 465 g/mol. The van der Waals surface area contributed by atoms with Crippen LogP contribution in [-0.2, 0) is 21.4 Å². The first-order chi connectivity index (χ1) is 17.1. The summed E-state index contributed by atoms with van der Waals surface area (Å²) in [7, 11) is 1.54. The van der Waals surface area contributed by atoms with Crippen molar-refractivity contribution in [2.75, 3.05) is 7.11 Å². The van der Waals surface area contributed by atoms with Gasteiger partial charge in [0.2, 0.25) is 5.91 Å². The van der Waals surface area contributed by atoms with Crippen LogP contribution in [0, 0.1) is 0 Å². The fourth-order valence-corrected chi connectivity index (χ4v) is 4.52. The fraction of sp³-hybridized carbons (Fsp3) is 0.133. The van der Waals surface area contributed by atoms with Gasteiger partial charge in [0, 0.05) is 6.42 Å². The van der Waals surface area contributed by atoms with Crippen LogP contribution in [0.3, 0.4) is 0 Å². The lowest BCUT2D eigenvalue weighted by Gasteiger charge is -2.35. The number of nitrogens with one attached hydrogen (secondary N) is 1. The average Bonchev–Trinajstić information content (AvgIpc) is 2.91. The maximum absolute atomic E-state index is 14.3. The second-order valence-corrected chi connectivity index (χ2v) is 8.23. The zero-order valence-corrected chi connectivity index (χ0v) is 19.4. The maximum Gasteiger partial charge on any atom is 0.326 e. The summed E-state index contributed by atoms with van der Waals surface area (Å²) in [6.45, 7) is 0. The first-order valence-corrected chi connectivity index (χ1v) is 11.4. The quantitative estimate of drug-likeness (QED) is 0.347. The Kier molecular flexibility index (Phi) is 7.27. The molecule has 0 bridgehead atoms. The molecule has 0 saturated carbocycles. The van der Waals surface area contributed by atoms with E-state index in [0.717, 1.165) is 16.7 Å². The van der Waals surface area contributed by atoms with Gasteiger partial charge in [-0.1, -0.05) is 109 Å². The molecule has 5 nitrogen and oxygen atoms in total. The van der Waals surface area contributed by atoms with E-state index in [1.807, 2.05) is 103 Å². The largest absolute Gasteiger partial charge is 0.496 e. The number of carboxylic acids is 1. The number of aliphatic carboxylic acids is 1. The number of benzene rings is 4. The highest BCUT2D eigenvalue weighted by Crippen LogP contribution is 2.39. The van der Waals surface area contributed by atoms with Crippen molar-refractivity contribution in [2.24, 2.45) is 0 Å². The lowest BCUT2D eigenvalue weighted by Crippen LogP contribution is -2.52. The number of hydrogen-bond donors (Lipinski definition) is 2. The number of carbonyl (C=O) groups is 2. The number of amides is 1. The highest BCUT2D eigenvalue weighted by molar-refractivity contribution is 5.98. The fourth-order valence-electron chi connectivity index (χ4n) is 4.52.